The second-order valence-electron chi connectivity index (χ2n) is 3.99. The molecule has 18 heavy (non-hydrogen) atoms. The number of unbranched alkanes of at least 4 members (excludes halogenated alkanes) is 2. The number of hydrogen-bond donors (Lipinski definition) is 0. The molecule has 0 aliphatic rings. The third kappa shape index (κ3) is 7.14. The minimum absolute atomic E-state index is 0.233. The second-order valence-corrected chi connectivity index (χ2v) is 5.86. The highest BCUT2D eigenvalue weighted by Gasteiger charge is 2.36. The average Bonchev–Trinajstić information content (AvgIpc) is 2.36. The monoisotopic (exact) mass is 280 g/mol. The van der Waals surface area contributed by atoms with E-state index in [0.717, 1.165) is 25.7 Å². The Labute approximate surface area is 110 Å². The van der Waals surface area contributed by atoms with Crippen LogP contribution in [0, 0.1) is 0 Å². The number of carbonyl (C=O) groups is 1. The van der Waals surface area contributed by atoms with E-state index in [4.69, 9.17) is 13.8 Å². The SMILES string of the molecule is CCCCOP(=O)(OCCCC)C(=O)OCCC. The van der Waals surface area contributed by atoms with Gasteiger partial charge in [-0.05, 0) is 19.3 Å². The Balaban J connectivity index is 4.37. The summed E-state index contributed by atoms with van der Waals surface area (Å²) in [6, 6.07) is 0. The average molecular weight is 280 g/mol. The van der Waals surface area contributed by atoms with Gasteiger partial charge in [0.15, 0.2) is 0 Å². The smallest absolute Gasteiger partial charge is 0.438 e. The van der Waals surface area contributed by atoms with E-state index < -0.39 is 13.3 Å². The largest absolute Gasteiger partial charge is 0.457 e. The van der Waals surface area contributed by atoms with Crippen LogP contribution in [0.5, 0.6) is 0 Å². The van der Waals surface area contributed by atoms with Crippen LogP contribution < -0.4 is 0 Å². The van der Waals surface area contributed by atoms with Crippen molar-refractivity contribution in [3.63, 3.8) is 0 Å². The van der Waals surface area contributed by atoms with Gasteiger partial charge in [0, 0.05) is 0 Å². The van der Waals surface area contributed by atoms with Gasteiger partial charge in [-0.3, -0.25) is 0 Å². The maximum absolute atomic E-state index is 12.2. The predicted octanol–water partition coefficient (Wildman–Crippen LogP) is 4.36. The zero-order valence-electron chi connectivity index (χ0n) is 11.6. The van der Waals surface area contributed by atoms with Crippen molar-refractivity contribution in [2.24, 2.45) is 0 Å². The Kier molecular flexibility index (Phi) is 10.3. The Bertz CT molecular complexity index is 253. The van der Waals surface area contributed by atoms with E-state index in [1.54, 1.807) is 0 Å². The molecule has 108 valence electrons. The van der Waals surface area contributed by atoms with Crippen LogP contribution in [0.3, 0.4) is 0 Å². The maximum atomic E-state index is 12.2. The highest BCUT2D eigenvalue weighted by molar-refractivity contribution is 7.71. The maximum Gasteiger partial charge on any atom is 0.438 e. The third-order valence-corrected chi connectivity index (χ3v) is 3.79. The molecule has 0 N–H and O–H groups in total. The van der Waals surface area contributed by atoms with Crippen molar-refractivity contribution in [1.29, 1.82) is 0 Å². The van der Waals surface area contributed by atoms with Gasteiger partial charge in [-0.1, -0.05) is 33.6 Å². The first-order chi connectivity index (χ1) is 8.60. The molecule has 0 saturated carbocycles. The molecule has 0 radical (unpaired) electrons. The van der Waals surface area contributed by atoms with Crippen molar-refractivity contribution < 1.29 is 23.1 Å². The number of carbonyl (C=O) groups excluding carboxylic acids is 1. The van der Waals surface area contributed by atoms with E-state index in [2.05, 4.69) is 0 Å². The summed E-state index contributed by atoms with van der Waals surface area (Å²) in [6.07, 6.45) is 3.96. The fourth-order valence-electron chi connectivity index (χ4n) is 1.07. The standard InChI is InChI=1S/C12H25O5P/c1-4-7-10-16-18(14,17-11-8-5-2)12(13)15-9-6-3/h4-11H2,1-3H3. The van der Waals surface area contributed by atoms with Gasteiger partial charge in [-0.15, -0.1) is 0 Å². The van der Waals surface area contributed by atoms with E-state index in [0.29, 0.717) is 6.42 Å². The lowest BCUT2D eigenvalue weighted by Crippen LogP contribution is -2.11. The topological polar surface area (TPSA) is 61.8 Å². The van der Waals surface area contributed by atoms with Crippen LogP contribution in [-0.4, -0.2) is 25.5 Å². The molecule has 0 aromatic carbocycles. The van der Waals surface area contributed by atoms with E-state index in [1.165, 1.54) is 0 Å². The molecule has 0 fully saturated rings. The van der Waals surface area contributed by atoms with Gasteiger partial charge in [0.25, 0.3) is 0 Å². The summed E-state index contributed by atoms with van der Waals surface area (Å²) < 4.78 is 27.4. The predicted molar refractivity (Wildman–Crippen MR) is 71.0 cm³/mol. The van der Waals surface area contributed by atoms with Crippen LogP contribution >= 0.6 is 7.60 Å². The molecule has 0 unspecified atom stereocenters. The molecular formula is C12H25O5P. The number of ether oxygens (including phenoxy) is 1. The molecule has 0 aromatic heterocycles. The summed E-state index contributed by atoms with van der Waals surface area (Å²) in [5.41, 5.74) is -0.864. The normalized spacial score (nSPS) is 11.5. The molecule has 0 aliphatic heterocycles. The summed E-state index contributed by atoms with van der Waals surface area (Å²) in [4.78, 5) is 11.7. The van der Waals surface area contributed by atoms with Gasteiger partial charge in [-0.25, -0.2) is 9.36 Å². The molecule has 0 saturated heterocycles. The van der Waals surface area contributed by atoms with Gasteiger partial charge < -0.3 is 13.8 Å². The van der Waals surface area contributed by atoms with Crippen LogP contribution in [0.1, 0.15) is 52.9 Å². The lowest BCUT2D eigenvalue weighted by atomic mass is 10.4. The molecule has 5 nitrogen and oxygen atoms in total. The molecule has 0 atom stereocenters. The first-order valence-corrected chi connectivity index (χ1v) is 8.21. The molecule has 6 heteroatoms. The van der Waals surface area contributed by atoms with Gasteiger partial charge in [0.2, 0.25) is 0 Å². The summed E-state index contributed by atoms with van der Waals surface area (Å²) in [5.74, 6) is 0. The highest BCUT2D eigenvalue weighted by atomic mass is 31.2. The Hall–Kier alpha value is -0.380. The summed E-state index contributed by atoms with van der Waals surface area (Å²) in [5, 5.41) is 0. The van der Waals surface area contributed by atoms with E-state index >= 15 is 0 Å². The lowest BCUT2D eigenvalue weighted by Gasteiger charge is -2.16. The van der Waals surface area contributed by atoms with E-state index in [1.807, 2.05) is 20.8 Å². The van der Waals surface area contributed by atoms with Crippen LogP contribution in [0.4, 0.5) is 4.79 Å². The van der Waals surface area contributed by atoms with E-state index in [9.17, 15) is 9.36 Å². The molecule has 0 aliphatic carbocycles. The van der Waals surface area contributed by atoms with Crippen molar-refractivity contribution in [2.75, 3.05) is 19.8 Å². The first kappa shape index (κ1) is 17.6. The van der Waals surface area contributed by atoms with Gasteiger partial charge >= 0.3 is 13.3 Å². The van der Waals surface area contributed by atoms with Gasteiger partial charge in [-0.2, -0.15) is 0 Å². The summed E-state index contributed by atoms with van der Waals surface area (Å²) >= 11 is 0. The Morgan fingerprint density at radius 1 is 0.889 bits per heavy atom. The summed E-state index contributed by atoms with van der Waals surface area (Å²) in [7, 11) is -3.76. The quantitative estimate of drug-likeness (QED) is 0.415. The highest BCUT2D eigenvalue weighted by Crippen LogP contribution is 2.50. The zero-order chi connectivity index (χ0) is 13.9. The van der Waals surface area contributed by atoms with Crippen molar-refractivity contribution in [3.05, 3.63) is 0 Å². The third-order valence-electron chi connectivity index (χ3n) is 2.17. The van der Waals surface area contributed by atoms with E-state index in [-0.39, 0.29) is 19.8 Å². The van der Waals surface area contributed by atoms with Crippen molar-refractivity contribution >= 4 is 13.3 Å². The second kappa shape index (κ2) is 10.5. The Morgan fingerprint density at radius 3 is 1.78 bits per heavy atom. The lowest BCUT2D eigenvalue weighted by molar-refractivity contribution is 0.144. The Morgan fingerprint density at radius 2 is 1.39 bits per heavy atom. The van der Waals surface area contributed by atoms with Crippen LogP contribution in [0.25, 0.3) is 0 Å². The fraction of sp³-hybridized carbons (Fsp3) is 0.917. The van der Waals surface area contributed by atoms with Crippen LogP contribution in [0.15, 0.2) is 0 Å². The molecule has 0 aromatic rings. The minimum atomic E-state index is -3.76. The van der Waals surface area contributed by atoms with Crippen molar-refractivity contribution in [3.8, 4) is 0 Å². The molecule has 0 heterocycles. The van der Waals surface area contributed by atoms with Crippen LogP contribution in [-0.2, 0) is 18.3 Å². The molecular weight excluding hydrogens is 255 g/mol. The van der Waals surface area contributed by atoms with Gasteiger partial charge in [0.05, 0.1) is 19.8 Å². The van der Waals surface area contributed by atoms with Gasteiger partial charge in [0.1, 0.15) is 0 Å². The fourth-order valence-corrected chi connectivity index (χ4v) is 2.34. The number of hydrogen-bond acceptors (Lipinski definition) is 5. The first-order valence-electron chi connectivity index (χ1n) is 6.67. The number of rotatable bonds is 11. The van der Waals surface area contributed by atoms with Crippen LogP contribution in [0.2, 0.25) is 0 Å². The molecule has 0 spiro atoms. The molecule has 0 amide bonds. The van der Waals surface area contributed by atoms with Crippen molar-refractivity contribution in [1.82, 2.24) is 0 Å². The molecule has 0 rings (SSSR count). The van der Waals surface area contributed by atoms with Crippen molar-refractivity contribution in [2.45, 2.75) is 52.9 Å². The minimum Gasteiger partial charge on any atom is -0.457 e. The molecule has 0 bridgehead atoms. The zero-order valence-corrected chi connectivity index (χ0v) is 12.5. The summed E-state index contributed by atoms with van der Waals surface area (Å²) in [6.45, 7) is 6.58.